The number of aromatic nitrogens is 3. The maximum Gasteiger partial charge on any atom is 0.168 e. The highest BCUT2D eigenvalue weighted by Crippen LogP contribution is 2.30. The van der Waals surface area contributed by atoms with Crippen LogP contribution in [0.1, 0.15) is 5.56 Å². The molecule has 0 bridgehead atoms. The molecular formula is C16H14FN3O. The van der Waals surface area contributed by atoms with Gasteiger partial charge in [-0.3, -0.25) is 4.98 Å². The minimum atomic E-state index is -0.343. The minimum Gasteiger partial charge on any atom is -0.494 e. The highest BCUT2D eigenvalue weighted by atomic mass is 19.1. The fraction of sp³-hybridized carbons (Fsp3) is 0.125. The quantitative estimate of drug-likeness (QED) is 0.739. The molecule has 0 spiro atoms. The first-order chi connectivity index (χ1) is 10.2. The van der Waals surface area contributed by atoms with Crippen molar-refractivity contribution in [2.45, 2.75) is 6.92 Å². The summed E-state index contributed by atoms with van der Waals surface area (Å²) in [6.07, 6.45) is 6.99. The van der Waals surface area contributed by atoms with Gasteiger partial charge >= 0.3 is 0 Å². The van der Waals surface area contributed by atoms with E-state index in [9.17, 15) is 4.39 Å². The Labute approximate surface area is 121 Å². The molecule has 0 unspecified atom stereocenters. The van der Waals surface area contributed by atoms with Crippen LogP contribution in [-0.4, -0.2) is 21.9 Å². The second-order valence-corrected chi connectivity index (χ2v) is 4.64. The fourth-order valence-electron chi connectivity index (χ4n) is 2.22. The third-order valence-electron chi connectivity index (χ3n) is 3.37. The Morgan fingerprint density at radius 3 is 2.76 bits per heavy atom. The molecule has 3 aromatic rings. The summed E-state index contributed by atoms with van der Waals surface area (Å²) in [6, 6.07) is 7.21. The Bertz CT molecular complexity index is 768. The van der Waals surface area contributed by atoms with Crippen LogP contribution in [0.5, 0.6) is 5.75 Å². The third-order valence-corrected chi connectivity index (χ3v) is 3.37. The average molecular weight is 283 g/mol. The largest absolute Gasteiger partial charge is 0.494 e. The Balaban J connectivity index is 2.03. The topological polar surface area (TPSA) is 39.9 Å². The first-order valence-corrected chi connectivity index (χ1v) is 6.49. The monoisotopic (exact) mass is 283 g/mol. The van der Waals surface area contributed by atoms with Crippen LogP contribution in [0.15, 0.2) is 49.1 Å². The van der Waals surface area contributed by atoms with Gasteiger partial charge in [-0.05, 0) is 36.2 Å². The zero-order chi connectivity index (χ0) is 14.8. The zero-order valence-corrected chi connectivity index (χ0v) is 11.7. The maximum absolute atomic E-state index is 14.1. The van der Waals surface area contributed by atoms with Gasteiger partial charge in [0.15, 0.2) is 11.6 Å². The lowest BCUT2D eigenvalue weighted by Crippen LogP contribution is -1.94. The number of methoxy groups -OCH3 is 1. The number of pyridine rings is 1. The molecule has 106 valence electrons. The lowest BCUT2D eigenvalue weighted by molar-refractivity contribution is 0.385. The number of nitrogens with zero attached hydrogens (tertiary/aromatic N) is 3. The van der Waals surface area contributed by atoms with E-state index in [1.54, 1.807) is 36.3 Å². The molecule has 0 N–H and O–H groups in total. The van der Waals surface area contributed by atoms with Crippen LogP contribution >= 0.6 is 0 Å². The maximum atomic E-state index is 14.1. The number of hydrogen-bond acceptors (Lipinski definition) is 3. The Kier molecular flexibility index (Phi) is 3.39. The average Bonchev–Trinajstić information content (AvgIpc) is 3.00. The van der Waals surface area contributed by atoms with E-state index in [0.29, 0.717) is 5.56 Å². The highest BCUT2D eigenvalue weighted by molar-refractivity contribution is 5.67. The zero-order valence-electron chi connectivity index (χ0n) is 11.7. The molecule has 0 aliphatic rings. The molecule has 0 aliphatic carbocycles. The number of rotatable bonds is 3. The van der Waals surface area contributed by atoms with Crippen molar-refractivity contribution >= 4 is 0 Å². The molecular weight excluding hydrogens is 269 g/mol. The van der Waals surface area contributed by atoms with Crippen LogP contribution in [0.25, 0.3) is 16.8 Å². The molecule has 0 aliphatic heterocycles. The van der Waals surface area contributed by atoms with E-state index >= 15 is 0 Å². The second-order valence-electron chi connectivity index (χ2n) is 4.64. The first kappa shape index (κ1) is 13.3. The van der Waals surface area contributed by atoms with E-state index in [2.05, 4.69) is 10.1 Å². The smallest absolute Gasteiger partial charge is 0.168 e. The van der Waals surface area contributed by atoms with Crippen molar-refractivity contribution in [1.29, 1.82) is 0 Å². The van der Waals surface area contributed by atoms with Gasteiger partial charge in [0.2, 0.25) is 0 Å². The van der Waals surface area contributed by atoms with E-state index in [1.807, 2.05) is 24.4 Å². The Morgan fingerprint density at radius 2 is 2.05 bits per heavy atom. The fourth-order valence-corrected chi connectivity index (χ4v) is 2.22. The summed E-state index contributed by atoms with van der Waals surface area (Å²) in [7, 11) is 1.46. The second kappa shape index (κ2) is 5.36. The molecule has 0 radical (unpaired) electrons. The van der Waals surface area contributed by atoms with Gasteiger partial charge in [0.1, 0.15) is 0 Å². The molecule has 2 heterocycles. The van der Waals surface area contributed by atoms with Gasteiger partial charge in [0, 0.05) is 18.0 Å². The highest BCUT2D eigenvalue weighted by Gasteiger charge is 2.13. The number of benzene rings is 1. The number of ether oxygens (including phenoxy) is 1. The van der Waals surface area contributed by atoms with Gasteiger partial charge in [0.25, 0.3) is 0 Å². The summed E-state index contributed by atoms with van der Waals surface area (Å²) in [4.78, 5) is 4.06. The van der Waals surface area contributed by atoms with Crippen LogP contribution < -0.4 is 4.74 Å². The van der Waals surface area contributed by atoms with Crippen molar-refractivity contribution in [3.63, 3.8) is 0 Å². The summed E-state index contributed by atoms with van der Waals surface area (Å²) in [5, 5.41) is 4.30. The van der Waals surface area contributed by atoms with Gasteiger partial charge in [-0.2, -0.15) is 5.10 Å². The van der Waals surface area contributed by atoms with Crippen molar-refractivity contribution in [2.24, 2.45) is 0 Å². The molecule has 2 aromatic heterocycles. The van der Waals surface area contributed by atoms with E-state index < -0.39 is 0 Å². The van der Waals surface area contributed by atoms with E-state index in [-0.39, 0.29) is 11.6 Å². The van der Waals surface area contributed by atoms with Gasteiger partial charge in [-0.15, -0.1) is 0 Å². The van der Waals surface area contributed by atoms with Crippen molar-refractivity contribution in [2.75, 3.05) is 7.11 Å². The van der Waals surface area contributed by atoms with E-state index in [0.717, 1.165) is 16.8 Å². The van der Waals surface area contributed by atoms with Crippen LogP contribution in [0.3, 0.4) is 0 Å². The molecule has 4 nitrogen and oxygen atoms in total. The summed E-state index contributed by atoms with van der Waals surface area (Å²) in [5.74, 6) is -0.0972. The number of halogens is 1. The summed E-state index contributed by atoms with van der Waals surface area (Å²) >= 11 is 0. The number of hydrogen-bond donors (Lipinski definition) is 0. The Morgan fingerprint density at radius 1 is 1.19 bits per heavy atom. The predicted octanol–water partition coefficient (Wildman–Crippen LogP) is 3.39. The molecule has 1 aromatic carbocycles. The standard InChI is InChI=1S/C16H14FN3O/c1-11-14(5-6-15(21-2)16(11)17)12-8-19-20(10-12)13-4-3-7-18-9-13/h3-10H,1-2H3. The lowest BCUT2D eigenvalue weighted by atomic mass is 10.0. The molecule has 0 amide bonds. The van der Waals surface area contributed by atoms with Gasteiger partial charge in [-0.1, -0.05) is 6.07 Å². The van der Waals surface area contributed by atoms with Crippen LogP contribution in [0.4, 0.5) is 4.39 Å². The third kappa shape index (κ3) is 2.38. The molecule has 21 heavy (non-hydrogen) atoms. The molecule has 0 saturated carbocycles. The van der Waals surface area contributed by atoms with E-state index in [4.69, 9.17) is 4.74 Å². The molecule has 0 saturated heterocycles. The summed E-state index contributed by atoms with van der Waals surface area (Å²) in [6.45, 7) is 1.73. The van der Waals surface area contributed by atoms with Crippen molar-refractivity contribution in [1.82, 2.24) is 14.8 Å². The SMILES string of the molecule is COc1ccc(-c2cnn(-c3cccnc3)c2)c(C)c1F. The normalized spacial score (nSPS) is 10.6. The van der Waals surface area contributed by atoms with Gasteiger partial charge in [0.05, 0.1) is 25.2 Å². The molecule has 0 atom stereocenters. The van der Waals surface area contributed by atoms with Crippen LogP contribution in [-0.2, 0) is 0 Å². The predicted molar refractivity (Wildman–Crippen MR) is 78.0 cm³/mol. The van der Waals surface area contributed by atoms with Crippen molar-refractivity contribution in [3.05, 3.63) is 60.4 Å². The summed E-state index contributed by atoms with van der Waals surface area (Å²) in [5.41, 5.74) is 3.04. The molecule has 0 fully saturated rings. The van der Waals surface area contributed by atoms with Crippen molar-refractivity contribution < 1.29 is 9.13 Å². The summed E-state index contributed by atoms with van der Waals surface area (Å²) < 4.78 is 20.8. The van der Waals surface area contributed by atoms with Crippen LogP contribution in [0.2, 0.25) is 0 Å². The van der Waals surface area contributed by atoms with Gasteiger partial charge < -0.3 is 4.74 Å². The van der Waals surface area contributed by atoms with Crippen LogP contribution in [0, 0.1) is 12.7 Å². The molecule has 3 rings (SSSR count). The lowest BCUT2D eigenvalue weighted by Gasteiger charge is -2.08. The van der Waals surface area contributed by atoms with E-state index in [1.165, 1.54) is 7.11 Å². The minimum absolute atomic E-state index is 0.246. The Hall–Kier alpha value is -2.69. The first-order valence-electron chi connectivity index (χ1n) is 6.49. The molecule has 5 heteroatoms. The van der Waals surface area contributed by atoms with Gasteiger partial charge in [-0.25, -0.2) is 9.07 Å². The van der Waals surface area contributed by atoms with Crippen molar-refractivity contribution in [3.8, 4) is 22.6 Å².